The minimum absolute atomic E-state index is 0.0116. The molecule has 24 heavy (non-hydrogen) atoms. The van der Waals surface area contributed by atoms with Crippen LogP contribution in [-0.4, -0.2) is 42.4 Å². The van der Waals surface area contributed by atoms with E-state index in [4.69, 9.17) is 0 Å². The van der Waals surface area contributed by atoms with Crippen LogP contribution in [-0.2, 0) is 4.79 Å². The Morgan fingerprint density at radius 3 is 2.38 bits per heavy atom. The van der Waals surface area contributed by atoms with Gasteiger partial charge in [-0.05, 0) is 62.9 Å². The van der Waals surface area contributed by atoms with Crippen molar-refractivity contribution in [3.05, 3.63) is 29.8 Å². The molecule has 1 fully saturated rings. The lowest BCUT2D eigenvalue weighted by Crippen LogP contribution is -2.53. The average Bonchev–Trinajstić information content (AvgIpc) is 2.56. The molecule has 0 bridgehead atoms. The third-order valence-electron chi connectivity index (χ3n) is 4.84. The number of carbonyl (C=O) groups is 2. The molecule has 1 aliphatic rings. The Labute approximate surface area is 144 Å². The zero-order valence-electron chi connectivity index (χ0n) is 15.2. The van der Waals surface area contributed by atoms with Gasteiger partial charge in [0.15, 0.2) is 0 Å². The quantitative estimate of drug-likeness (QED) is 0.872. The number of rotatable bonds is 5. The molecule has 1 atom stereocenters. The second-order valence-electron chi connectivity index (χ2n) is 7.02. The maximum atomic E-state index is 12.6. The molecule has 2 rings (SSSR count). The molecule has 1 aromatic carbocycles. The van der Waals surface area contributed by atoms with E-state index in [1.165, 1.54) is 0 Å². The fraction of sp³-hybridized carbons (Fsp3) is 0.579. The number of anilines is 1. The molecule has 2 amide bonds. The van der Waals surface area contributed by atoms with Crippen molar-refractivity contribution in [2.75, 3.05) is 25.0 Å². The van der Waals surface area contributed by atoms with E-state index in [1.807, 2.05) is 13.8 Å². The van der Waals surface area contributed by atoms with Crippen LogP contribution in [0.4, 0.5) is 5.69 Å². The molecule has 1 heterocycles. The van der Waals surface area contributed by atoms with Crippen LogP contribution in [0.3, 0.4) is 0 Å². The molecule has 1 aromatic rings. The van der Waals surface area contributed by atoms with Crippen LogP contribution in [0.5, 0.6) is 0 Å². The van der Waals surface area contributed by atoms with Gasteiger partial charge in [0.2, 0.25) is 5.91 Å². The number of hydrogen-bond donors (Lipinski definition) is 2. The molecule has 0 aromatic heterocycles. The van der Waals surface area contributed by atoms with E-state index >= 15 is 0 Å². The number of nitrogens with one attached hydrogen (secondary N) is 2. The fourth-order valence-corrected chi connectivity index (χ4v) is 3.26. The van der Waals surface area contributed by atoms with Crippen LogP contribution in [0.25, 0.3) is 0 Å². The summed E-state index contributed by atoms with van der Waals surface area (Å²) in [5, 5.41) is 6.28. The van der Waals surface area contributed by atoms with Crippen molar-refractivity contribution in [2.45, 2.75) is 46.6 Å². The molecule has 5 nitrogen and oxygen atoms in total. The third kappa shape index (κ3) is 4.15. The molecular weight excluding hydrogens is 302 g/mol. The zero-order chi connectivity index (χ0) is 17.7. The van der Waals surface area contributed by atoms with Gasteiger partial charge in [-0.15, -0.1) is 0 Å². The molecule has 0 aliphatic carbocycles. The third-order valence-corrected chi connectivity index (χ3v) is 4.84. The Kier molecular flexibility index (Phi) is 5.99. The molecule has 0 spiro atoms. The highest BCUT2D eigenvalue weighted by Crippen LogP contribution is 2.30. The van der Waals surface area contributed by atoms with Gasteiger partial charge in [-0.25, -0.2) is 0 Å². The minimum Gasteiger partial charge on any atom is -0.339 e. The van der Waals surface area contributed by atoms with Crippen molar-refractivity contribution in [1.82, 2.24) is 10.2 Å². The first-order valence-corrected chi connectivity index (χ1v) is 8.82. The largest absolute Gasteiger partial charge is 0.339 e. The molecule has 0 saturated carbocycles. The second kappa shape index (κ2) is 7.79. The lowest BCUT2D eigenvalue weighted by Gasteiger charge is -2.38. The van der Waals surface area contributed by atoms with E-state index in [0.29, 0.717) is 18.7 Å². The van der Waals surface area contributed by atoms with Crippen LogP contribution >= 0.6 is 0 Å². The van der Waals surface area contributed by atoms with Crippen molar-refractivity contribution in [3.8, 4) is 0 Å². The second-order valence-corrected chi connectivity index (χ2v) is 7.02. The first kappa shape index (κ1) is 18.5. The highest BCUT2D eigenvalue weighted by Gasteiger charge is 2.37. The minimum atomic E-state index is -0.191. The summed E-state index contributed by atoms with van der Waals surface area (Å²) in [7, 11) is 0. The summed E-state index contributed by atoms with van der Waals surface area (Å²) in [6, 6.07) is 6.95. The number of nitrogens with zero attached hydrogens (tertiary/aromatic N) is 1. The lowest BCUT2D eigenvalue weighted by molar-refractivity contribution is -0.121. The molecule has 1 saturated heterocycles. The average molecular weight is 331 g/mol. The summed E-state index contributed by atoms with van der Waals surface area (Å²) >= 11 is 0. The maximum Gasteiger partial charge on any atom is 0.253 e. The molecular formula is C19H29N3O2. The topological polar surface area (TPSA) is 61.4 Å². The monoisotopic (exact) mass is 331 g/mol. The molecule has 1 unspecified atom stereocenters. The first-order chi connectivity index (χ1) is 11.4. The number of piperidine rings is 1. The van der Waals surface area contributed by atoms with Gasteiger partial charge >= 0.3 is 0 Å². The van der Waals surface area contributed by atoms with Gasteiger partial charge in [-0.3, -0.25) is 9.59 Å². The van der Waals surface area contributed by atoms with E-state index in [-0.39, 0.29) is 23.3 Å². The summed E-state index contributed by atoms with van der Waals surface area (Å²) in [6.07, 6.45) is 2.13. The Balaban J connectivity index is 2.03. The van der Waals surface area contributed by atoms with Gasteiger partial charge < -0.3 is 15.5 Å². The molecule has 2 N–H and O–H groups in total. The standard InChI is InChI=1S/C19H29N3O2/c1-5-22(6-2)18(24)14-8-10-15(11-9-14)21-17(23)16-19(3,4)12-7-13-20-16/h8-11,16,20H,5-7,12-13H2,1-4H3,(H,21,23). The van der Waals surface area contributed by atoms with Gasteiger partial charge in [0.1, 0.15) is 0 Å². The number of hydrogen-bond acceptors (Lipinski definition) is 3. The Morgan fingerprint density at radius 2 is 1.83 bits per heavy atom. The number of amides is 2. The van der Waals surface area contributed by atoms with Gasteiger partial charge in [0.25, 0.3) is 5.91 Å². The first-order valence-electron chi connectivity index (χ1n) is 8.82. The predicted molar refractivity (Wildman–Crippen MR) is 97.1 cm³/mol. The van der Waals surface area contributed by atoms with Crippen molar-refractivity contribution in [1.29, 1.82) is 0 Å². The summed E-state index contributed by atoms with van der Waals surface area (Å²) in [6.45, 7) is 10.4. The summed E-state index contributed by atoms with van der Waals surface area (Å²) < 4.78 is 0. The van der Waals surface area contributed by atoms with Gasteiger partial charge in [0.05, 0.1) is 6.04 Å². The fourth-order valence-electron chi connectivity index (χ4n) is 3.26. The van der Waals surface area contributed by atoms with Crippen LogP contribution < -0.4 is 10.6 Å². The summed E-state index contributed by atoms with van der Waals surface area (Å²) in [5.74, 6) is 0.00970. The predicted octanol–water partition coefficient (Wildman–Crippen LogP) is 2.89. The van der Waals surface area contributed by atoms with E-state index < -0.39 is 0 Å². The SMILES string of the molecule is CCN(CC)C(=O)c1ccc(NC(=O)C2NCCCC2(C)C)cc1. The van der Waals surface area contributed by atoms with E-state index in [0.717, 1.165) is 25.1 Å². The molecule has 5 heteroatoms. The van der Waals surface area contributed by atoms with Crippen molar-refractivity contribution >= 4 is 17.5 Å². The zero-order valence-corrected chi connectivity index (χ0v) is 15.2. The Hall–Kier alpha value is -1.88. The van der Waals surface area contributed by atoms with Crippen molar-refractivity contribution in [3.63, 3.8) is 0 Å². The molecule has 1 aliphatic heterocycles. The lowest BCUT2D eigenvalue weighted by atomic mass is 9.77. The normalized spacial score (nSPS) is 19.6. The van der Waals surface area contributed by atoms with Crippen LogP contribution in [0, 0.1) is 5.41 Å². The van der Waals surface area contributed by atoms with Gasteiger partial charge in [-0.2, -0.15) is 0 Å². The van der Waals surface area contributed by atoms with Crippen molar-refractivity contribution < 1.29 is 9.59 Å². The summed E-state index contributed by atoms with van der Waals surface area (Å²) in [4.78, 5) is 26.6. The highest BCUT2D eigenvalue weighted by atomic mass is 16.2. The van der Waals surface area contributed by atoms with Crippen LogP contribution in [0.2, 0.25) is 0 Å². The number of carbonyl (C=O) groups excluding carboxylic acids is 2. The number of benzene rings is 1. The van der Waals surface area contributed by atoms with E-state index in [1.54, 1.807) is 29.2 Å². The Bertz CT molecular complexity index is 577. The molecule has 0 radical (unpaired) electrons. The Morgan fingerprint density at radius 1 is 1.21 bits per heavy atom. The van der Waals surface area contributed by atoms with Crippen molar-refractivity contribution in [2.24, 2.45) is 5.41 Å². The maximum absolute atomic E-state index is 12.6. The van der Waals surface area contributed by atoms with E-state index in [9.17, 15) is 9.59 Å². The highest BCUT2D eigenvalue weighted by molar-refractivity contribution is 5.97. The van der Waals surface area contributed by atoms with Crippen LogP contribution in [0.1, 0.15) is 50.9 Å². The molecule has 132 valence electrons. The summed E-state index contributed by atoms with van der Waals surface area (Å²) in [5.41, 5.74) is 1.31. The smallest absolute Gasteiger partial charge is 0.253 e. The van der Waals surface area contributed by atoms with E-state index in [2.05, 4.69) is 24.5 Å². The van der Waals surface area contributed by atoms with Gasteiger partial charge in [-0.1, -0.05) is 13.8 Å². The van der Waals surface area contributed by atoms with Gasteiger partial charge in [0, 0.05) is 24.3 Å². The van der Waals surface area contributed by atoms with Crippen LogP contribution in [0.15, 0.2) is 24.3 Å².